The van der Waals surface area contributed by atoms with Crippen molar-refractivity contribution < 1.29 is 19.1 Å². The monoisotopic (exact) mass is 402 g/mol. The summed E-state index contributed by atoms with van der Waals surface area (Å²) in [6.07, 6.45) is 0.634. The van der Waals surface area contributed by atoms with Crippen molar-refractivity contribution >= 4 is 23.5 Å². The molecule has 2 atom stereocenters. The molecule has 2 aliphatic rings. The van der Waals surface area contributed by atoms with E-state index in [0.717, 1.165) is 17.7 Å². The van der Waals surface area contributed by atoms with Crippen LogP contribution >= 0.6 is 0 Å². The van der Waals surface area contributed by atoms with Gasteiger partial charge in [0, 0.05) is 19.8 Å². The molecule has 0 radical (unpaired) electrons. The van der Waals surface area contributed by atoms with Gasteiger partial charge in [0.2, 0.25) is 11.8 Å². The number of hydrogen-bond donors (Lipinski definition) is 1. The predicted octanol–water partition coefficient (Wildman–Crippen LogP) is 1.76. The minimum Gasteiger partial charge on any atom is -0.365 e. The molecule has 1 aromatic rings. The van der Waals surface area contributed by atoms with E-state index in [1.54, 1.807) is 23.9 Å². The number of rotatable bonds is 5. The van der Waals surface area contributed by atoms with Crippen LogP contribution in [-0.4, -0.2) is 78.5 Å². The number of likely N-dealkylation sites (tertiary alicyclic amines) is 1. The molecule has 8 nitrogen and oxygen atoms in total. The Morgan fingerprint density at radius 2 is 1.97 bits per heavy atom. The van der Waals surface area contributed by atoms with E-state index in [0.29, 0.717) is 19.6 Å². The van der Waals surface area contributed by atoms with Crippen LogP contribution in [0.15, 0.2) is 24.3 Å². The molecule has 4 amide bonds. The smallest absolute Gasteiger partial charge is 0.321 e. The van der Waals surface area contributed by atoms with Crippen molar-refractivity contribution in [3.63, 3.8) is 0 Å². The number of anilines is 1. The van der Waals surface area contributed by atoms with Gasteiger partial charge in [-0.2, -0.15) is 0 Å². The maximum Gasteiger partial charge on any atom is 0.321 e. The molecular weight excluding hydrogens is 372 g/mol. The van der Waals surface area contributed by atoms with Crippen molar-refractivity contribution in [2.75, 3.05) is 39.1 Å². The van der Waals surface area contributed by atoms with Crippen molar-refractivity contribution in [1.29, 1.82) is 0 Å². The van der Waals surface area contributed by atoms with Crippen LogP contribution in [0.5, 0.6) is 0 Å². The van der Waals surface area contributed by atoms with Crippen LogP contribution in [0.3, 0.4) is 0 Å². The largest absolute Gasteiger partial charge is 0.365 e. The molecule has 1 saturated heterocycles. The molecule has 0 spiro atoms. The molecule has 3 rings (SSSR count). The summed E-state index contributed by atoms with van der Waals surface area (Å²) in [5.41, 5.74) is 1.68. The average molecular weight is 402 g/mol. The Kier molecular flexibility index (Phi) is 6.42. The fraction of sp³-hybridized carbons (Fsp3) is 0.571. The van der Waals surface area contributed by atoms with Crippen LogP contribution in [-0.2, 0) is 20.9 Å². The Morgan fingerprint density at radius 3 is 2.62 bits per heavy atom. The van der Waals surface area contributed by atoms with Gasteiger partial charge in [-0.15, -0.1) is 0 Å². The predicted molar refractivity (Wildman–Crippen MR) is 109 cm³/mol. The van der Waals surface area contributed by atoms with E-state index >= 15 is 0 Å². The zero-order valence-electron chi connectivity index (χ0n) is 17.6. The lowest BCUT2D eigenvalue weighted by molar-refractivity contribution is -0.139. The van der Waals surface area contributed by atoms with E-state index in [4.69, 9.17) is 4.74 Å². The highest BCUT2D eigenvalue weighted by atomic mass is 16.5. The van der Waals surface area contributed by atoms with Crippen molar-refractivity contribution in [3.05, 3.63) is 29.8 Å². The molecule has 2 unspecified atom stereocenters. The van der Waals surface area contributed by atoms with E-state index in [2.05, 4.69) is 5.32 Å². The SMILES string of the molecule is CCC(C)C1C(=O)Nc2ccccc2CN1C(=O)N1CC(OCC(=O)N(C)C)C1. The third-order valence-electron chi connectivity index (χ3n) is 5.71. The maximum atomic E-state index is 13.3. The number of hydrogen-bond acceptors (Lipinski definition) is 4. The lowest BCUT2D eigenvalue weighted by Crippen LogP contribution is -2.61. The summed E-state index contributed by atoms with van der Waals surface area (Å²) in [5, 5.41) is 2.98. The van der Waals surface area contributed by atoms with Crippen molar-refractivity contribution in [1.82, 2.24) is 14.7 Å². The molecule has 0 aliphatic carbocycles. The highest BCUT2D eigenvalue weighted by Gasteiger charge is 2.41. The van der Waals surface area contributed by atoms with Gasteiger partial charge in [-0.25, -0.2) is 4.79 Å². The second-order valence-electron chi connectivity index (χ2n) is 8.01. The number of carbonyl (C=O) groups is 3. The average Bonchev–Trinajstić information content (AvgIpc) is 2.81. The van der Waals surface area contributed by atoms with E-state index in [-0.39, 0.29) is 36.5 Å². The van der Waals surface area contributed by atoms with Gasteiger partial charge in [0.25, 0.3) is 0 Å². The summed E-state index contributed by atoms with van der Waals surface area (Å²) in [5.74, 6) is -0.228. The molecule has 29 heavy (non-hydrogen) atoms. The number of ether oxygens (including phenoxy) is 1. The summed E-state index contributed by atoms with van der Waals surface area (Å²) in [6.45, 7) is 5.25. The van der Waals surface area contributed by atoms with Crippen LogP contribution in [0.1, 0.15) is 25.8 Å². The Morgan fingerprint density at radius 1 is 1.28 bits per heavy atom. The molecule has 1 N–H and O–H groups in total. The molecule has 8 heteroatoms. The molecule has 1 fully saturated rings. The first-order valence-electron chi connectivity index (χ1n) is 10.1. The zero-order chi connectivity index (χ0) is 21.1. The number of amides is 4. The standard InChI is InChI=1S/C21H30N4O4/c1-5-14(2)19-20(27)22-17-9-7-6-8-15(17)10-25(19)21(28)24-11-16(12-24)29-13-18(26)23(3)4/h6-9,14,16,19H,5,10-13H2,1-4H3,(H,22,27). The second kappa shape index (κ2) is 8.82. The third-order valence-corrected chi connectivity index (χ3v) is 5.71. The second-order valence-corrected chi connectivity index (χ2v) is 8.01. The summed E-state index contributed by atoms with van der Waals surface area (Å²) in [4.78, 5) is 42.7. The minimum absolute atomic E-state index is 0.00862. The molecule has 0 bridgehead atoms. The Balaban J connectivity index is 1.70. The van der Waals surface area contributed by atoms with Gasteiger partial charge in [-0.1, -0.05) is 38.5 Å². The molecule has 0 saturated carbocycles. The van der Waals surface area contributed by atoms with E-state index < -0.39 is 6.04 Å². The van der Waals surface area contributed by atoms with E-state index in [1.807, 2.05) is 38.1 Å². The normalized spacial score (nSPS) is 20.3. The maximum absolute atomic E-state index is 13.3. The highest BCUT2D eigenvalue weighted by molar-refractivity contribution is 5.99. The van der Waals surface area contributed by atoms with Crippen molar-refractivity contribution in [2.45, 2.75) is 39.0 Å². The third kappa shape index (κ3) is 4.53. The van der Waals surface area contributed by atoms with Gasteiger partial charge in [0.15, 0.2) is 0 Å². The number of nitrogens with zero attached hydrogens (tertiary/aromatic N) is 3. The molecule has 158 valence electrons. The van der Waals surface area contributed by atoms with Crippen LogP contribution < -0.4 is 5.32 Å². The number of carbonyl (C=O) groups excluding carboxylic acids is 3. The molecule has 2 heterocycles. The first-order valence-corrected chi connectivity index (χ1v) is 10.1. The number of nitrogens with one attached hydrogen (secondary N) is 1. The zero-order valence-corrected chi connectivity index (χ0v) is 17.6. The summed E-state index contributed by atoms with van der Waals surface area (Å²) in [6, 6.07) is 6.89. The van der Waals surface area contributed by atoms with Crippen LogP contribution in [0.2, 0.25) is 0 Å². The first-order chi connectivity index (χ1) is 13.8. The minimum atomic E-state index is -0.532. The fourth-order valence-electron chi connectivity index (χ4n) is 3.59. The number of para-hydroxylation sites is 1. The highest BCUT2D eigenvalue weighted by Crippen LogP contribution is 2.29. The lowest BCUT2D eigenvalue weighted by Gasteiger charge is -2.43. The van der Waals surface area contributed by atoms with Gasteiger partial charge < -0.3 is 24.8 Å². The van der Waals surface area contributed by atoms with Crippen LogP contribution in [0, 0.1) is 5.92 Å². The molecular formula is C21H30N4O4. The van der Waals surface area contributed by atoms with Gasteiger partial charge in [0.05, 0.1) is 25.7 Å². The van der Waals surface area contributed by atoms with E-state index in [1.165, 1.54) is 4.90 Å². The Bertz CT molecular complexity index is 776. The summed E-state index contributed by atoms with van der Waals surface area (Å²) >= 11 is 0. The van der Waals surface area contributed by atoms with E-state index in [9.17, 15) is 14.4 Å². The Hall–Kier alpha value is -2.61. The van der Waals surface area contributed by atoms with Gasteiger partial charge >= 0.3 is 6.03 Å². The topological polar surface area (TPSA) is 82.2 Å². The number of likely N-dealkylation sites (N-methyl/N-ethyl adjacent to an activating group) is 1. The molecule has 1 aromatic carbocycles. The quantitative estimate of drug-likeness (QED) is 0.814. The fourth-order valence-corrected chi connectivity index (χ4v) is 3.59. The van der Waals surface area contributed by atoms with Gasteiger partial charge in [-0.3, -0.25) is 9.59 Å². The first kappa shape index (κ1) is 21.1. The number of fused-ring (bicyclic) bond motifs is 1. The van der Waals surface area contributed by atoms with Crippen molar-refractivity contribution in [2.24, 2.45) is 5.92 Å². The van der Waals surface area contributed by atoms with Crippen LogP contribution in [0.25, 0.3) is 0 Å². The Labute approximate surface area is 171 Å². The van der Waals surface area contributed by atoms with Crippen molar-refractivity contribution in [3.8, 4) is 0 Å². The lowest BCUT2D eigenvalue weighted by atomic mass is 9.96. The van der Waals surface area contributed by atoms with Gasteiger partial charge in [-0.05, 0) is 17.5 Å². The molecule has 0 aromatic heterocycles. The summed E-state index contributed by atoms with van der Waals surface area (Å²) in [7, 11) is 3.36. The summed E-state index contributed by atoms with van der Waals surface area (Å²) < 4.78 is 5.58. The van der Waals surface area contributed by atoms with Crippen LogP contribution in [0.4, 0.5) is 10.5 Å². The van der Waals surface area contributed by atoms with Gasteiger partial charge in [0.1, 0.15) is 12.6 Å². The number of benzene rings is 1. The number of urea groups is 1. The molecule has 2 aliphatic heterocycles.